The van der Waals surface area contributed by atoms with Gasteiger partial charge in [-0.25, -0.2) is 10.4 Å². The topological polar surface area (TPSA) is 74.6 Å². The second-order valence-electron chi connectivity index (χ2n) is 5.95. The summed E-state index contributed by atoms with van der Waals surface area (Å²) in [5.74, 6) is -0.266. The molecule has 28 heavy (non-hydrogen) atoms. The maximum absolute atomic E-state index is 12.8. The molecule has 0 saturated carbocycles. The molecule has 4 rings (SSSR count). The fourth-order valence-corrected chi connectivity index (χ4v) is 3.83. The molecule has 0 radical (unpaired) electrons. The molecule has 2 N–H and O–H groups in total. The van der Waals surface area contributed by atoms with Crippen LogP contribution in [0.15, 0.2) is 75.6 Å². The number of phenols is 1. The molecule has 1 amide bonds. The fraction of sp³-hybridized carbons (Fsp3) is 0. The standard InChI is InChI=1S/C21H14BrN3O2S/c22-14-7-8-19(26)13(10-14)12-23-25-21(27)16-11-18(20-6-3-9-28-20)24-17-5-2-1-4-15(16)17/h1-12,26H,(H,25,27)/b23-12+. The summed E-state index contributed by atoms with van der Waals surface area (Å²) in [6.45, 7) is 0. The van der Waals surface area contributed by atoms with Crippen molar-refractivity contribution in [2.24, 2.45) is 5.10 Å². The number of hydrogen-bond acceptors (Lipinski definition) is 5. The van der Waals surface area contributed by atoms with Gasteiger partial charge in [-0.2, -0.15) is 5.10 Å². The van der Waals surface area contributed by atoms with Crippen molar-refractivity contribution < 1.29 is 9.90 Å². The first kappa shape index (κ1) is 18.3. The Morgan fingerprint density at radius 3 is 2.82 bits per heavy atom. The number of rotatable bonds is 4. The summed E-state index contributed by atoms with van der Waals surface area (Å²) in [7, 11) is 0. The largest absolute Gasteiger partial charge is 0.507 e. The Kier molecular flexibility index (Phi) is 5.18. The lowest BCUT2D eigenvalue weighted by molar-refractivity contribution is 0.0956. The summed E-state index contributed by atoms with van der Waals surface area (Å²) in [4.78, 5) is 18.5. The summed E-state index contributed by atoms with van der Waals surface area (Å²) >= 11 is 4.91. The molecule has 0 fully saturated rings. The number of hydrazone groups is 1. The molecule has 138 valence electrons. The average molecular weight is 452 g/mol. The number of aromatic nitrogens is 1. The van der Waals surface area contributed by atoms with E-state index in [2.05, 4.69) is 31.4 Å². The van der Waals surface area contributed by atoms with Crippen LogP contribution in [0.2, 0.25) is 0 Å². The molecule has 0 atom stereocenters. The molecule has 2 heterocycles. The van der Waals surface area contributed by atoms with E-state index >= 15 is 0 Å². The van der Waals surface area contributed by atoms with E-state index in [1.807, 2.05) is 41.8 Å². The number of thiophene rings is 1. The van der Waals surface area contributed by atoms with Gasteiger partial charge in [-0.05, 0) is 41.8 Å². The van der Waals surface area contributed by atoms with Crippen LogP contribution in [0.25, 0.3) is 21.5 Å². The number of halogens is 1. The van der Waals surface area contributed by atoms with Gasteiger partial charge in [0.2, 0.25) is 0 Å². The van der Waals surface area contributed by atoms with Crippen molar-refractivity contribution >= 4 is 50.3 Å². The first-order chi connectivity index (χ1) is 13.6. The number of pyridine rings is 1. The van der Waals surface area contributed by atoms with E-state index in [9.17, 15) is 9.90 Å². The van der Waals surface area contributed by atoms with Gasteiger partial charge in [-0.1, -0.05) is 40.2 Å². The molecule has 4 aromatic rings. The molecule has 0 aliphatic heterocycles. The smallest absolute Gasteiger partial charge is 0.272 e. The Hall–Kier alpha value is -3.03. The average Bonchev–Trinajstić information content (AvgIpc) is 3.24. The molecule has 0 unspecified atom stereocenters. The van der Waals surface area contributed by atoms with Crippen LogP contribution in [-0.2, 0) is 0 Å². The lowest BCUT2D eigenvalue weighted by Crippen LogP contribution is -2.18. The van der Waals surface area contributed by atoms with E-state index < -0.39 is 0 Å². The van der Waals surface area contributed by atoms with Crippen LogP contribution < -0.4 is 5.43 Å². The minimum absolute atomic E-state index is 0.0792. The third-order valence-electron chi connectivity index (χ3n) is 4.09. The third kappa shape index (κ3) is 3.81. The Bertz CT molecular complexity index is 1190. The van der Waals surface area contributed by atoms with Gasteiger partial charge >= 0.3 is 0 Å². The van der Waals surface area contributed by atoms with Crippen molar-refractivity contribution in [2.75, 3.05) is 0 Å². The van der Waals surface area contributed by atoms with Gasteiger partial charge in [-0.15, -0.1) is 11.3 Å². The molecule has 0 aliphatic carbocycles. The van der Waals surface area contributed by atoms with Gasteiger partial charge in [-0.3, -0.25) is 4.79 Å². The molecule has 2 aromatic carbocycles. The maximum atomic E-state index is 12.8. The van der Waals surface area contributed by atoms with Gasteiger partial charge in [0.15, 0.2) is 0 Å². The molecule has 2 aromatic heterocycles. The number of fused-ring (bicyclic) bond motifs is 1. The Morgan fingerprint density at radius 2 is 2.00 bits per heavy atom. The highest BCUT2D eigenvalue weighted by Crippen LogP contribution is 2.28. The van der Waals surface area contributed by atoms with Gasteiger partial charge in [0.25, 0.3) is 5.91 Å². The van der Waals surface area contributed by atoms with Crippen LogP contribution in [0, 0.1) is 0 Å². The molecule has 7 heteroatoms. The zero-order valence-corrected chi connectivity index (χ0v) is 16.9. The number of benzene rings is 2. The molecule has 0 saturated heterocycles. The van der Waals surface area contributed by atoms with Crippen molar-refractivity contribution in [1.82, 2.24) is 10.4 Å². The van der Waals surface area contributed by atoms with E-state index in [1.54, 1.807) is 35.6 Å². The van der Waals surface area contributed by atoms with Crippen molar-refractivity contribution in [3.63, 3.8) is 0 Å². The monoisotopic (exact) mass is 451 g/mol. The number of hydrogen-bond donors (Lipinski definition) is 2. The van der Waals surface area contributed by atoms with E-state index in [0.717, 1.165) is 25.9 Å². The SMILES string of the molecule is O=C(N/N=C/c1cc(Br)ccc1O)c1cc(-c2cccs2)nc2ccccc12. The van der Waals surface area contributed by atoms with Crippen LogP contribution in [0.1, 0.15) is 15.9 Å². The quantitative estimate of drug-likeness (QED) is 0.330. The number of amides is 1. The molecular formula is C21H14BrN3O2S. The van der Waals surface area contributed by atoms with E-state index in [4.69, 9.17) is 0 Å². The lowest BCUT2D eigenvalue weighted by atomic mass is 10.1. The number of nitrogens with one attached hydrogen (secondary N) is 1. The second kappa shape index (κ2) is 7.92. The van der Waals surface area contributed by atoms with Crippen LogP contribution in [0.5, 0.6) is 5.75 Å². The number of carbonyl (C=O) groups excluding carboxylic acids is 1. The fourth-order valence-electron chi connectivity index (χ4n) is 2.76. The Labute approximate surface area is 173 Å². The minimum atomic E-state index is -0.345. The van der Waals surface area contributed by atoms with Crippen molar-refractivity contribution in [3.8, 4) is 16.3 Å². The lowest BCUT2D eigenvalue weighted by Gasteiger charge is -2.08. The number of aromatic hydroxyl groups is 1. The molecule has 0 bridgehead atoms. The second-order valence-corrected chi connectivity index (χ2v) is 7.82. The van der Waals surface area contributed by atoms with Crippen LogP contribution in [0.4, 0.5) is 0 Å². The van der Waals surface area contributed by atoms with Crippen molar-refractivity contribution in [3.05, 3.63) is 81.6 Å². The van der Waals surface area contributed by atoms with Crippen LogP contribution >= 0.6 is 27.3 Å². The van der Waals surface area contributed by atoms with Crippen molar-refractivity contribution in [1.29, 1.82) is 0 Å². The molecule has 0 aliphatic rings. The first-order valence-corrected chi connectivity index (χ1v) is 10.0. The van der Waals surface area contributed by atoms with Crippen LogP contribution in [0.3, 0.4) is 0 Å². The van der Waals surface area contributed by atoms with Gasteiger partial charge in [0.1, 0.15) is 5.75 Å². The van der Waals surface area contributed by atoms with Gasteiger partial charge in [0.05, 0.1) is 27.9 Å². The van der Waals surface area contributed by atoms with Crippen molar-refractivity contribution in [2.45, 2.75) is 0 Å². The number of nitrogens with zero attached hydrogens (tertiary/aromatic N) is 2. The van der Waals surface area contributed by atoms with Gasteiger partial charge < -0.3 is 5.11 Å². The highest BCUT2D eigenvalue weighted by molar-refractivity contribution is 9.10. The minimum Gasteiger partial charge on any atom is -0.507 e. The highest BCUT2D eigenvalue weighted by atomic mass is 79.9. The Morgan fingerprint density at radius 1 is 1.14 bits per heavy atom. The molecular weight excluding hydrogens is 438 g/mol. The highest BCUT2D eigenvalue weighted by Gasteiger charge is 2.14. The van der Waals surface area contributed by atoms with Gasteiger partial charge in [0, 0.05) is 15.4 Å². The normalized spacial score (nSPS) is 11.2. The first-order valence-electron chi connectivity index (χ1n) is 8.37. The zero-order valence-electron chi connectivity index (χ0n) is 14.5. The van der Waals surface area contributed by atoms with E-state index in [1.165, 1.54) is 6.21 Å². The summed E-state index contributed by atoms with van der Waals surface area (Å²) in [5, 5.41) is 16.6. The van der Waals surface area contributed by atoms with E-state index in [-0.39, 0.29) is 11.7 Å². The summed E-state index contributed by atoms with van der Waals surface area (Å²) in [6, 6.07) is 18.2. The molecule has 0 spiro atoms. The number of carbonyl (C=O) groups is 1. The number of para-hydroxylation sites is 1. The van der Waals surface area contributed by atoms with E-state index in [0.29, 0.717) is 11.1 Å². The third-order valence-corrected chi connectivity index (χ3v) is 5.48. The number of phenolic OH excluding ortho intramolecular Hbond substituents is 1. The molecule has 5 nitrogen and oxygen atoms in total. The predicted molar refractivity (Wildman–Crippen MR) is 116 cm³/mol. The summed E-state index contributed by atoms with van der Waals surface area (Å²) < 4.78 is 0.804. The Balaban J connectivity index is 1.67. The summed E-state index contributed by atoms with van der Waals surface area (Å²) in [5.41, 5.74) is 5.01. The maximum Gasteiger partial charge on any atom is 0.272 e. The van der Waals surface area contributed by atoms with Crippen LogP contribution in [-0.4, -0.2) is 22.2 Å². The predicted octanol–water partition coefficient (Wildman–Crippen LogP) is 5.20. The summed E-state index contributed by atoms with van der Waals surface area (Å²) in [6.07, 6.45) is 1.40. The zero-order chi connectivity index (χ0) is 19.5.